The maximum Gasteiger partial charge on any atom is 0.269 e. The van der Waals surface area contributed by atoms with Crippen molar-refractivity contribution in [2.75, 3.05) is 0 Å². The smallest absolute Gasteiger partial charge is 0.269 e. The summed E-state index contributed by atoms with van der Waals surface area (Å²) in [6.45, 7) is 0. The van der Waals surface area contributed by atoms with Gasteiger partial charge in [-0.15, -0.1) is 0 Å². The van der Waals surface area contributed by atoms with Gasteiger partial charge in [0.2, 0.25) is 0 Å². The highest BCUT2D eigenvalue weighted by Gasteiger charge is 2.35. The average Bonchev–Trinajstić information content (AvgIpc) is 3.01. The molecule has 1 amide bonds. The van der Waals surface area contributed by atoms with E-state index in [0.717, 1.165) is 16.3 Å². The Hall–Kier alpha value is -1.29. The Morgan fingerprint density at radius 3 is 2.95 bits per heavy atom. The summed E-state index contributed by atoms with van der Waals surface area (Å²) in [5.41, 5.74) is 7.79. The van der Waals surface area contributed by atoms with Gasteiger partial charge in [0, 0.05) is 16.2 Å². The van der Waals surface area contributed by atoms with Gasteiger partial charge in [0.15, 0.2) is 0 Å². The zero-order chi connectivity index (χ0) is 13.2. The largest absolute Gasteiger partial charge is 0.306 e. The molecule has 0 heterocycles. The quantitative estimate of drug-likeness (QED) is 0.838. The Morgan fingerprint density at radius 1 is 1.37 bits per heavy atom. The molecule has 0 radical (unpaired) electrons. The molecule has 3 rings (SSSR count). The van der Waals surface area contributed by atoms with E-state index in [-0.39, 0.29) is 5.91 Å². The third kappa shape index (κ3) is 2.84. The second kappa shape index (κ2) is 5.37. The van der Waals surface area contributed by atoms with Crippen LogP contribution in [0.1, 0.15) is 36.0 Å². The number of hydrogen-bond donors (Lipinski definition) is 2. The molecule has 2 atom stereocenters. The number of halogens is 1. The van der Waals surface area contributed by atoms with Crippen LogP contribution in [0, 0.1) is 11.8 Å². The molecule has 2 saturated carbocycles. The molecular weight excluding hydrogens is 304 g/mol. The van der Waals surface area contributed by atoms with Gasteiger partial charge in [0.05, 0.1) is 0 Å². The summed E-state index contributed by atoms with van der Waals surface area (Å²) in [6.07, 6.45) is 7.22. The monoisotopic (exact) mass is 320 g/mol. The van der Waals surface area contributed by atoms with Crippen molar-refractivity contribution in [1.29, 1.82) is 0 Å². The number of rotatable bonds is 3. The summed E-state index contributed by atoms with van der Waals surface area (Å²) in [5.74, 6) is 1.53. The van der Waals surface area contributed by atoms with Crippen molar-refractivity contribution in [3.05, 3.63) is 46.1 Å². The summed E-state index contributed by atoms with van der Waals surface area (Å²) >= 11 is 3.36. The van der Waals surface area contributed by atoms with Crippen molar-refractivity contribution < 1.29 is 4.79 Å². The van der Waals surface area contributed by atoms with Crippen LogP contribution in [-0.4, -0.2) is 5.91 Å². The Bertz CT molecular complexity index is 527. The van der Waals surface area contributed by atoms with Crippen molar-refractivity contribution in [2.24, 2.45) is 11.8 Å². The van der Waals surface area contributed by atoms with Crippen molar-refractivity contribution in [3.63, 3.8) is 0 Å². The van der Waals surface area contributed by atoms with Crippen LogP contribution in [0.25, 0.3) is 0 Å². The summed E-state index contributed by atoms with van der Waals surface area (Å²) in [4.78, 5) is 11.9. The molecule has 0 aromatic heterocycles. The van der Waals surface area contributed by atoms with E-state index >= 15 is 0 Å². The lowest BCUT2D eigenvalue weighted by atomic mass is 9.96. The first-order chi connectivity index (χ1) is 9.22. The van der Waals surface area contributed by atoms with E-state index in [9.17, 15) is 4.79 Å². The Kier molecular flexibility index (Phi) is 3.60. The third-order valence-corrected chi connectivity index (χ3v) is 4.61. The topological polar surface area (TPSA) is 41.1 Å². The second-order valence-corrected chi connectivity index (χ2v) is 6.32. The summed E-state index contributed by atoms with van der Waals surface area (Å²) in [5, 5.41) is 0. The Labute approximate surface area is 121 Å². The van der Waals surface area contributed by atoms with Crippen molar-refractivity contribution in [2.45, 2.75) is 25.7 Å². The highest BCUT2D eigenvalue weighted by Crippen LogP contribution is 2.47. The van der Waals surface area contributed by atoms with E-state index in [0.29, 0.717) is 5.56 Å². The Morgan fingerprint density at radius 2 is 2.26 bits per heavy atom. The molecule has 2 N–H and O–H groups in total. The fourth-order valence-electron chi connectivity index (χ4n) is 3.17. The first kappa shape index (κ1) is 12.7. The predicted molar refractivity (Wildman–Crippen MR) is 78.3 cm³/mol. The zero-order valence-electron chi connectivity index (χ0n) is 10.7. The maximum atomic E-state index is 11.9. The highest BCUT2D eigenvalue weighted by atomic mass is 79.9. The van der Waals surface area contributed by atoms with E-state index in [4.69, 9.17) is 0 Å². The van der Waals surface area contributed by atoms with Crippen LogP contribution < -0.4 is 10.9 Å². The molecule has 0 aliphatic heterocycles. The lowest BCUT2D eigenvalue weighted by Crippen LogP contribution is -2.34. The van der Waals surface area contributed by atoms with Crippen LogP contribution in [-0.2, 0) is 0 Å². The second-order valence-electron chi connectivity index (χ2n) is 5.41. The molecule has 0 saturated heterocycles. The number of allylic oxidation sites excluding steroid dienone is 1. The number of hydrogen-bond acceptors (Lipinski definition) is 2. The number of hydrazine groups is 1. The molecular formula is C15H17BrN2O. The minimum absolute atomic E-state index is 0.110. The predicted octanol–water partition coefficient (Wildman–Crippen LogP) is 3.39. The molecule has 100 valence electrons. The molecule has 19 heavy (non-hydrogen) atoms. The van der Waals surface area contributed by atoms with Crippen LogP contribution >= 0.6 is 15.9 Å². The average molecular weight is 321 g/mol. The SMILES string of the molecule is O=C(NN/C=C1/C[C@@H]2CC[C@H]1C2)c1cccc(Br)c1. The highest BCUT2D eigenvalue weighted by molar-refractivity contribution is 9.10. The van der Waals surface area contributed by atoms with Gasteiger partial charge < -0.3 is 5.43 Å². The Balaban J connectivity index is 1.55. The number of amides is 1. The van der Waals surface area contributed by atoms with E-state index in [1.807, 2.05) is 24.4 Å². The number of carbonyl (C=O) groups is 1. The van der Waals surface area contributed by atoms with Crippen molar-refractivity contribution in [1.82, 2.24) is 10.9 Å². The molecule has 3 nitrogen and oxygen atoms in total. The zero-order valence-corrected chi connectivity index (χ0v) is 12.2. The van der Waals surface area contributed by atoms with Crippen LogP contribution in [0.5, 0.6) is 0 Å². The van der Waals surface area contributed by atoms with E-state index in [1.165, 1.54) is 31.3 Å². The molecule has 0 unspecified atom stereocenters. The van der Waals surface area contributed by atoms with Crippen LogP contribution in [0.2, 0.25) is 0 Å². The first-order valence-electron chi connectivity index (χ1n) is 6.73. The maximum absolute atomic E-state index is 11.9. The molecule has 2 bridgehead atoms. The van der Waals surface area contributed by atoms with Crippen LogP contribution in [0.15, 0.2) is 40.5 Å². The van der Waals surface area contributed by atoms with E-state index < -0.39 is 0 Å². The molecule has 2 fully saturated rings. The van der Waals surface area contributed by atoms with Crippen molar-refractivity contribution in [3.8, 4) is 0 Å². The molecule has 1 aromatic carbocycles. The van der Waals surface area contributed by atoms with Crippen LogP contribution in [0.4, 0.5) is 0 Å². The van der Waals surface area contributed by atoms with Crippen LogP contribution in [0.3, 0.4) is 0 Å². The van der Waals surface area contributed by atoms with Gasteiger partial charge in [-0.25, -0.2) is 0 Å². The number of nitrogens with one attached hydrogen (secondary N) is 2. The van der Waals surface area contributed by atoms with Gasteiger partial charge in [-0.3, -0.25) is 10.2 Å². The summed E-state index contributed by atoms with van der Waals surface area (Å²) < 4.78 is 0.909. The third-order valence-electron chi connectivity index (χ3n) is 4.12. The number of carbonyl (C=O) groups excluding carboxylic acids is 1. The van der Waals surface area contributed by atoms with E-state index in [1.54, 1.807) is 6.07 Å². The number of benzene rings is 1. The normalized spacial score (nSPS) is 26.7. The van der Waals surface area contributed by atoms with Gasteiger partial charge in [0.25, 0.3) is 5.91 Å². The van der Waals surface area contributed by atoms with Gasteiger partial charge >= 0.3 is 0 Å². The standard InChI is InChI=1S/C15H17BrN2O/c16-14-3-1-2-12(8-14)15(19)18-17-9-13-7-10-4-5-11(13)6-10/h1-3,8-11,17H,4-7H2,(H,18,19)/b13-9-/t10-,11+/m1/s1. The molecule has 2 aliphatic carbocycles. The number of fused-ring (bicyclic) bond motifs is 2. The van der Waals surface area contributed by atoms with Gasteiger partial charge in [-0.1, -0.05) is 22.0 Å². The summed E-state index contributed by atoms with van der Waals surface area (Å²) in [6, 6.07) is 7.36. The van der Waals surface area contributed by atoms with E-state index in [2.05, 4.69) is 26.8 Å². The van der Waals surface area contributed by atoms with Gasteiger partial charge in [0.1, 0.15) is 0 Å². The van der Waals surface area contributed by atoms with Crippen molar-refractivity contribution >= 4 is 21.8 Å². The fourth-order valence-corrected chi connectivity index (χ4v) is 3.57. The van der Waals surface area contributed by atoms with Gasteiger partial charge in [-0.2, -0.15) is 0 Å². The van der Waals surface area contributed by atoms with Gasteiger partial charge in [-0.05, 0) is 61.3 Å². The molecule has 2 aliphatic rings. The first-order valence-corrected chi connectivity index (χ1v) is 7.52. The molecule has 1 aromatic rings. The minimum atomic E-state index is -0.110. The summed E-state index contributed by atoms with van der Waals surface area (Å²) in [7, 11) is 0. The minimum Gasteiger partial charge on any atom is -0.306 e. The lowest BCUT2D eigenvalue weighted by molar-refractivity contribution is 0.0940. The molecule has 4 heteroatoms. The fraction of sp³-hybridized carbons (Fsp3) is 0.400. The molecule has 0 spiro atoms. The lowest BCUT2D eigenvalue weighted by Gasteiger charge is -2.13.